The molecule has 3 aliphatic heterocycles. The largest absolute Gasteiger partial charge is 0.373 e. The number of quaternary nitrogens is 1. The van der Waals surface area contributed by atoms with E-state index in [9.17, 15) is 4.79 Å². The van der Waals surface area contributed by atoms with Crippen LogP contribution in [0.4, 0.5) is 5.82 Å². The third-order valence-corrected chi connectivity index (χ3v) is 6.25. The molecule has 6 heteroatoms. The Morgan fingerprint density at radius 1 is 1.04 bits per heavy atom. The number of hydrogen-bond acceptors (Lipinski definition) is 3. The second-order valence-corrected chi connectivity index (χ2v) is 7.85. The number of carbonyl (C=O) groups is 1. The van der Waals surface area contributed by atoms with Crippen molar-refractivity contribution >= 4 is 11.7 Å². The minimum absolute atomic E-state index is 0.168. The number of ether oxygens (including phenoxy) is 1. The van der Waals surface area contributed by atoms with Crippen molar-refractivity contribution in [3.63, 3.8) is 0 Å². The van der Waals surface area contributed by atoms with Gasteiger partial charge in [0.1, 0.15) is 19.3 Å². The molecule has 142 valence electrons. The number of anilines is 1. The molecule has 0 radical (unpaired) electrons. The van der Waals surface area contributed by atoms with E-state index in [1.807, 2.05) is 23.2 Å². The van der Waals surface area contributed by atoms with E-state index in [0.717, 1.165) is 69.7 Å². The van der Waals surface area contributed by atoms with Gasteiger partial charge in [-0.1, -0.05) is 0 Å². The van der Waals surface area contributed by atoms with Gasteiger partial charge in [0.15, 0.2) is 0 Å². The molecule has 1 amide bonds. The lowest BCUT2D eigenvalue weighted by molar-refractivity contribution is -0.931. The summed E-state index contributed by atoms with van der Waals surface area (Å²) in [5.74, 6) is 1.24. The van der Waals surface area contributed by atoms with Gasteiger partial charge in [-0.2, -0.15) is 0 Å². The predicted molar refractivity (Wildman–Crippen MR) is 99.5 cm³/mol. The van der Waals surface area contributed by atoms with Crippen LogP contribution in [-0.4, -0.2) is 69.3 Å². The third kappa shape index (κ3) is 4.01. The SMILES string of the molecule is O=C(c1ccc(N2CCOCC2)[nH+]c1)N1CCC([NH+]2CCCCC2)CC1. The average molecular weight is 361 g/mol. The topological polar surface area (TPSA) is 51.4 Å². The van der Waals surface area contributed by atoms with E-state index < -0.39 is 0 Å². The maximum atomic E-state index is 12.8. The Morgan fingerprint density at radius 3 is 2.42 bits per heavy atom. The molecule has 2 N–H and O–H groups in total. The smallest absolute Gasteiger partial charge is 0.274 e. The first-order valence-electron chi connectivity index (χ1n) is 10.3. The van der Waals surface area contributed by atoms with Crippen LogP contribution in [0.25, 0.3) is 0 Å². The van der Waals surface area contributed by atoms with Crippen LogP contribution in [0.3, 0.4) is 0 Å². The summed E-state index contributed by atoms with van der Waals surface area (Å²) < 4.78 is 5.40. The van der Waals surface area contributed by atoms with Gasteiger partial charge in [0.25, 0.3) is 11.7 Å². The monoisotopic (exact) mass is 360 g/mol. The number of pyridine rings is 1. The number of likely N-dealkylation sites (tertiary alicyclic amines) is 2. The fourth-order valence-corrected chi connectivity index (χ4v) is 4.64. The highest BCUT2D eigenvalue weighted by atomic mass is 16.5. The molecule has 0 unspecified atom stereocenters. The number of H-pyrrole nitrogens is 1. The molecule has 4 rings (SSSR count). The number of aromatic nitrogens is 1. The lowest BCUT2D eigenvalue weighted by Gasteiger charge is -2.37. The molecule has 0 aromatic carbocycles. The molecule has 0 aliphatic carbocycles. The Labute approximate surface area is 156 Å². The summed E-state index contributed by atoms with van der Waals surface area (Å²) in [6.07, 6.45) is 8.32. The molecule has 0 bridgehead atoms. The zero-order valence-electron chi connectivity index (χ0n) is 15.7. The molecule has 0 atom stereocenters. The van der Waals surface area contributed by atoms with Crippen molar-refractivity contribution in [2.45, 2.75) is 38.1 Å². The summed E-state index contributed by atoms with van der Waals surface area (Å²) in [6, 6.07) is 4.75. The van der Waals surface area contributed by atoms with Crippen LogP contribution in [0.15, 0.2) is 18.3 Å². The number of nitrogens with zero attached hydrogens (tertiary/aromatic N) is 2. The van der Waals surface area contributed by atoms with E-state index in [0.29, 0.717) is 0 Å². The second kappa shape index (κ2) is 8.35. The van der Waals surface area contributed by atoms with Gasteiger partial charge in [0.05, 0.1) is 37.9 Å². The summed E-state index contributed by atoms with van der Waals surface area (Å²) >= 11 is 0. The van der Waals surface area contributed by atoms with Gasteiger partial charge >= 0.3 is 0 Å². The standard InChI is InChI=1S/C20H30N4O2/c25-20(17-4-5-19(21-16-17)23-12-14-26-15-13-23)24-10-6-18(7-11-24)22-8-2-1-3-9-22/h4-5,16,18H,1-3,6-15H2/p+2. The lowest BCUT2D eigenvalue weighted by atomic mass is 9.99. The quantitative estimate of drug-likeness (QED) is 0.826. The van der Waals surface area contributed by atoms with Gasteiger partial charge < -0.3 is 14.5 Å². The van der Waals surface area contributed by atoms with Crippen LogP contribution in [0.5, 0.6) is 0 Å². The first-order chi connectivity index (χ1) is 12.8. The summed E-state index contributed by atoms with van der Waals surface area (Å²) in [5, 5.41) is 0. The van der Waals surface area contributed by atoms with Crippen LogP contribution in [0.1, 0.15) is 42.5 Å². The van der Waals surface area contributed by atoms with Crippen LogP contribution in [-0.2, 0) is 4.74 Å². The zero-order chi connectivity index (χ0) is 17.8. The minimum Gasteiger partial charge on any atom is -0.373 e. The van der Waals surface area contributed by atoms with Crippen molar-refractivity contribution in [2.24, 2.45) is 0 Å². The highest BCUT2D eigenvalue weighted by Crippen LogP contribution is 2.15. The summed E-state index contributed by atoms with van der Waals surface area (Å²) in [4.78, 5) is 22.2. The normalized spacial score (nSPS) is 23.2. The van der Waals surface area contributed by atoms with Gasteiger partial charge in [0.2, 0.25) is 0 Å². The summed E-state index contributed by atoms with van der Waals surface area (Å²) in [7, 11) is 0. The molecule has 1 aromatic heterocycles. The lowest BCUT2D eigenvalue weighted by Crippen LogP contribution is -3.16. The molecule has 6 nitrogen and oxygen atoms in total. The van der Waals surface area contributed by atoms with E-state index in [4.69, 9.17) is 4.74 Å². The third-order valence-electron chi connectivity index (χ3n) is 6.25. The number of hydrogen-bond donors (Lipinski definition) is 1. The molecule has 26 heavy (non-hydrogen) atoms. The van der Waals surface area contributed by atoms with Gasteiger partial charge in [-0.25, -0.2) is 4.98 Å². The number of nitrogens with one attached hydrogen (secondary N) is 2. The Hall–Kier alpha value is -1.66. The van der Waals surface area contributed by atoms with Crippen molar-refractivity contribution in [3.8, 4) is 0 Å². The van der Waals surface area contributed by atoms with Crippen molar-refractivity contribution in [3.05, 3.63) is 23.9 Å². The molecule has 3 saturated heterocycles. The van der Waals surface area contributed by atoms with Gasteiger partial charge in [-0.3, -0.25) is 9.69 Å². The van der Waals surface area contributed by atoms with Crippen LogP contribution < -0.4 is 14.8 Å². The van der Waals surface area contributed by atoms with E-state index >= 15 is 0 Å². The number of piperidine rings is 2. The van der Waals surface area contributed by atoms with Gasteiger partial charge in [-0.05, 0) is 25.3 Å². The molecule has 0 spiro atoms. The fraction of sp³-hybridized carbons (Fsp3) is 0.700. The van der Waals surface area contributed by atoms with E-state index in [-0.39, 0.29) is 5.91 Å². The highest BCUT2D eigenvalue weighted by molar-refractivity contribution is 5.93. The number of aromatic amines is 1. The second-order valence-electron chi connectivity index (χ2n) is 7.85. The average Bonchev–Trinajstić information content (AvgIpc) is 2.75. The molecular weight excluding hydrogens is 328 g/mol. The maximum Gasteiger partial charge on any atom is 0.274 e. The number of carbonyl (C=O) groups excluding carboxylic acids is 1. The Morgan fingerprint density at radius 2 is 1.77 bits per heavy atom. The van der Waals surface area contributed by atoms with E-state index in [1.54, 1.807) is 4.90 Å². The van der Waals surface area contributed by atoms with Crippen molar-refractivity contribution in [1.29, 1.82) is 0 Å². The van der Waals surface area contributed by atoms with Crippen LogP contribution >= 0.6 is 0 Å². The molecule has 3 aliphatic rings. The summed E-state index contributed by atoms with van der Waals surface area (Å²) in [5.41, 5.74) is 0.769. The Kier molecular flexibility index (Phi) is 5.70. The summed E-state index contributed by atoms with van der Waals surface area (Å²) in [6.45, 7) is 7.79. The Balaban J connectivity index is 1.31. The van der Waals surface area contributed by atoms with E-state index in [1.165, 1.54) is 32.4 Å². The molecule has 1 aromatic rings. The van der Waals surface area contributed by atoms with Crippen molar-refractivity contribution < 1.29 is 19.4 Å². The molecule has 3 fully saturated rings. The first kappa shape index (κ1) is 17.7. The van der Waals surface area contributed by atoms with Crippen molar-refractivity contribution in [2.75, 3.05) is 57.4 Å². The van der Waals surface area contributed by atoms with Crippen LogP contribution in [0.2, 0.25) is 0 Å². The van der Waals surface area contributed by atoms with Gasteiger partial charge in [0, 0.05) is 32.0 Å². The predicted octanol–water partition coefficient (Wildman–Crippen LogP) is 0.0107. The van der Waals surface area contributed by atoms with Crippen LogP contribution in [0, 0.1) is 0 Å². The Bertz CT molecular complexity index is 586. The number of rotatable bonds is 3. The van der Waals surface area contributed by atoms with E-state index in [2.05, 4.69) is 9.88 Å². The molecular formula is C20H32N4O2+2. The number of amides is 1. The minimum atomic E-state index is 0.168. The van der Waals surface area contributed by atoms with Crippen molar-refractivity contribution in [1.82, 2.24) is 4.90 Å². The van der Waals surface area contributed by atoms with Gasteiger partial charge in [-0.15, -0.1) is 0 Å². The zero-order valence-corrected chi connectivity index (χ0v) is 15.7. The molecule has 4 heterocycles. The first-order valence-corrected chi connectivity index (χ1v) is 10.3. The highest BCUT2D eigenvalue weighted by Gasteiger charge is 2.31. The fourth-order valence-electron chi connectivity index (χ4n) is 4.64. The molecule has 0 saturated carbocycles. The maximum absolute atomic E-state index is 12.8. The number of morpholine rings is 1.